The lowest BCUT2D eigenvalue weighted by Crippen LogP contribution is -2.28. The van der Waals surface area contributed by atoms with Gasteiger partial charge >= 0.3 is 0 Å². The van der Waals surface area contributed by atoms with E-state index in [1.807, 2.05) is 0 Å². The molecule has 2 heterocycles. The number of nitrogens with zero attached hydrogens (tertiary/aromatic N) is 2. The Kier molecular flexibility index (Phi) is 3.03. The van der Waals surface area contributed by atoms with Gasteiger partial charge in [0.05, 0.1) is 11.2 Å². The summed E-state index contributed by atoms with van der Waals surface area (Å²) >= 11 is 1.76. The molecule has 2 N–H and O–H groups in total. The van der Waals surface area contributed by atoms with Crippen LogP contribution in [0.25, 0.3) is 0 Å². The number of hydrogen-bond acceptors (Lipinski definition) is 4. The van der Waals surface area contributed by atoms with Crippen molar-refractivity contribution in [2.24, 2.45) is 10.9 Å². The van der Waals surface area contributed by atoms with E-state index in [0.29, 0.717) is 0 Å². The molecule has 1 aromatic heterocycles. The molecule has 1 aliphatic heterocycles. The molecular weight excluding hydrogens is 194 g/mol. The van der Waals surface area contributed by atoms with E-state index in [-0.39, 0.29) is 0 Å². The summed E-state index contributed by atoms with van der Waals surface area (Å²) in [5.41, 5.74) is 0. The van der Waals surface area contributed by atoms with Crippen LogP contribution in [0.4, 0.5) is 5.00 Å². The number of thiophene rings is 1. The molecule has 0 amide bonds. The van der Waals surface area contributed by atoms with Crippen molar-refractivity contribution >= 4 is 22.6 Å². The molecule has 0 aromatic carbocycles. The van der Waals surface area contributed by atoms with Gasteiger partial charge in [-0.25, -0.2) is 0 Å². The van der Waals surface area contributed by atoms with Crippen LogP contribution in [-0.2, 0) is 0 Å². The van der Waals surface area contributed by atoms with Gasteiger partial charge in [0.15, 0.2) is 0 Å². The van der Waals surface area contributed by atoms with Crippen molar-refractivity contribution in [1.82, 2.24) is 0 Å². The summed E-state index contributed by atoms with van der Waals surface area (Å²) in [6, 6.07) is 4.23. The lowest BCUT2D eigenvalue weighted by atomic mass is 10.1. The first-order valence-electron chi connectivity index (χ1n) is 4.98. The maximum atomic E-state index is 5.11. The highest BCUT2D eigenvalue weighted by atomic mass is 32.1. The van der Waals surface area contributed by atoms with E-state index in [9.17, 15) is 0 Å². The quantitative estimate of drug-likeness (QED) is 0.460. The minimum atomic E-state index is 1.13. The molecule has 0 unspecified atom stereocenters. The predicted molar refractivity (Wildman–Crippen MR) is 62.2 cm³/mol. The Labute approximate surface area is 88.2 Å². The van der Waals surface area contributed by atoms with E-state index < -0.39 is 0 Å². The first kappa shape index (κ1) is 9.52. The minimum Gasteiger partial charge on any atom is -0.363 e. The van der Waals surface area contributed by atoms with E-state index in [0.717, 1.165) is 4.88 Å². The third kappa shape index (κ3) is 2.07. The lowest BCUT2D eigenvalue weighted by molar-refractivity contribution is 0.580. The van der Waals surface area contributed by atoms with Crippen molar-refractivity contribution in [3.05, 3.63) is 17.0 Å². The number of hydrazone groups is 1. The molecule has 2 rings (SSSR count). The molecule has 0 atom stereocenters. The molecule has 1 saturated heterocycles. The highest BCUT2D eigenvalue weighted by Crippen LogP contribution is 2.27. The molecule has 0 bridgehead atoms. The standard InChI is InChI=1S/C10H15N3S/c11-12-8-9-4-5-10(14-9)13-6-2-1-3-7-13/h4-5,8H,1-3,6-7,11H2/b12-8+. The Morgan fingerprint density at radius 1 is 1.29 bits per heavy atom. The zero-order chi connectivity index (χ0) is 9.80. The van der Waals surface area contributed by atoms with E-state index >= 15 is 0 Å². The van der Waals surface area contributed by atoms with Gasteiger partial charge < -0.3 is 10.7 Å². The Bertz CT molecular complexity index is 313. The lowest BCUT2D eigenvalue weighted by Gasteiger charge is -2.27. The summed E-state index contributed by atoms with van der Waals surface area (Å²) < 4.78 is 0. The summed E-state index contributed by atoms with van der Waals surface area (Å²) in [5.74, 6) is 5.11. The van der Waals surface area contributed by atoms with Gasteiger partial charge in [-0.1, -0.05) is 0 Å². The summed E-state index contributed by atoms with van der Waals surface area (Å²) in [4.78, 5) is 3.58. The number of anilines is 1. The average molecular weight is 209 g/mol. The summed E-state index contributed by atoms with van der Waals surface area (Å²) in [7, 11) is 0. The minimum absolute atomic E-state index is 1.13. The SMILES string of the molecule is N/N=C/c1ccc(N2CCCCC2)s1. The van der Waals surface area contributed by atoms with Gasteiger partial charge in [-0.05, 0) is 31.4 Å². The monoisotopic (exact) mass is 209 g/mol. The molecule has 0 radical (unpaired) electrons. The Morgan fingerprint density at radius 2 is 2.07 bits per heavy atom. The van der Waals surface area contributed by atoms with E-state index in [4.69, 9.17) is 5.84 Å². The van der Waals surface area contributed by atoms with Gasteiger partial charge in [0.2, 0.25) is 0 Å². The second-order valence-electron chi connectivity index (χ2n) is 3.50. The zero-order valence-corrected chi connectivity index (χ0v) is 8.96. The van der Waals surface area contributed by atoms with Crippen molar-refractivity contribution in [1.29, 1.82) is 0 Å². The molecule has 0 aliphatic carbocycles. The third-order valence-corrected chi connectivity index (χ3v) is 3.56. The number of piperidine rings is 1. The van der Waals surface area contributed by atoms with E-state index in [1.165, 1.54) is 37.4 Å². The predicted octanol–water partition coefficient (Wildman–Crippen LogP) is 2.03. The van der Waals surface area contributed by atoms with Crippen molar-refractivity contribution in [3.8, 4) is 0 Å². The van der Waals surface area contributed by atoms with Crippen molar-refractivity contribution in [3.63, 3.8) is 0 Å². The second kappa shape index (κ2) is 4.46. The normalized spacial score (nSPS) is 17.9. The molecule has 4 heteroatoms. The average Bonchev–Trinajstić information content (AvgIpc) is 2.68. The fourth-order valence-corrected chi connectivity index (χ4v) is 2.71. The molecular formula is C10H15N3S. The maximum absolute atomic E-state index is 5.11. The van der Waals surface area contributed by atoms with Gasteiger partial charge in [-0.3, -0.25) is 0 Å². The molecule has 0 saturated carbocycles. The van der Waals surface area contributed by atoms with Crippen LogP contribution in [0.15, 0.2) is 17.2 Å². The van der Waals surface area contributed by atoms with Gasteiger partial charge in [0, 0.05) is 18.0 Å². The largest absolute Gasteiger partial charge is 0.363 e. The van der Waals surface area contributed by atoms with Crippen LogP contribution in [-0.4, -0.2) is 19.3 Å². The number of rotatable bonds is 2. The van der Waals surface area contributed by atoms with E-state index in [2.05, 4.69) is 22.1 Å². The summed E-state index contributed by atoms with van der Waals surface area (Å²) in [6.45, 7) is 2.39. The summed E-state index contributed by atoms with van der Waals surface area (Å²) in [5, 5.41) is 4.88. The van der Waals surface area contributed by atoms with Crippen LogP contribution in [0.5, 0.6) is 0 Å². The molecule has 1 aromatic rings. The van der Waals surface area contributed by atoms with Gasteiger partial charge in [-0.15, -0.1) is 11.3 Å². The van der Waals surface area contributed by atoms with E-state index in [1.54, 1.807) is 17.6 Å². The van der Waals surface area contributed by atoms with Crippen LogP contribution < -0.4 is 10.7 Å². The van der Waals surface area contributed by atoms with Crippen molar-refractivity contribution in [2.45, 2.75) is 19.3 Å². The second-order valence-corrected chi connectivity index (χ2v) is 4.60. The Balaban J connectivity index is 2.07. The number of nitrogens with two attached hydrogens (primary N) is 1. The topological polar surface area (TPSA) is 41.6 Å². The first-order chi connectivity index (χ1) is 6.90. The molecule has 1 fully saturated rings. The van der Waals surface area contributed by atoms with Crippen molar-refractivity contribution in [2.75, 3.05) is 18.0 Å². The van der Waals surface area contributed by atoms with Crippen LogP contribution in [0, 0.1) is 0 Å². The molecule has 1 aliphatic rings. The van der Waals surface area contributed by atoms with Crippen molar-refractivity contribution < 1.29 is 0 Å². The molecule has 76 valence electrons. The summed E-state index contributed by atoms with van der Waals surface area (Å²) in [6.07, 6.45) is 5.72. The highest BCUT2D eigenvalue weighted by Gasteiger charge is 2.12. The molecule has 0 spiro atoms. The Morgan fingerprint density at radius 3 is 2.79 bits per heavy atom. The molecule has 14 heavy (non-hydrogen) atoms. The maximum Gasteiger partial charge on any atom is 0.0915 e. The van der Waals surface area contributed by atoms with Crippen LogP contribution in [0.3, 0.4) is 0 Å². The number of hydrogen-bond donors (Lipinski definition) is 1. The smallest absolute Gasteiger partial charge is 0.0915 e. The third-order valence-electron chi connectivity index (χ3n) is 2.48. The molecule has 3 nitrogen and oxygen atoms in total. The fourth-order valence-electron chi connectivity index (χ4n) is 1.77. The van der Waals surface area contributed by atoms with Crippen LogP contribution >= 0.6 is 11.3 Å². The van der Waals surface area contributed by atoms with Crippen LogP contribution in [0.1, 0.15) is 24.1 Å². The van der Waals surface area contributed by atoms with Crippen LogP contribution in [0.2, 0.25) is 0 Å². The van der Waals surface area contributed by atoms with Gasteiger partial charge in [0.1, 0.15) is 0 Å². The van der Waals surface area contributed by atoms with Gasteiger partial charge in [-0.2, -0.15) is 5.10 Å². The zero-order valence-electron chi connectivity index (χ0n) is 8.15. The van der Waals surface area contributed by atoms with Gasteiger partial charge in [0.25, 0.3) is 0 Å². The highest BCUT2D eigenvalue weighted by molar-refractivity contribution is 7.17. The fraction of sp³-hybridized carbons (Fsp3) is 0.500. The Hall–Kier alpha value is -1.03. The first-order valence-corrected chi connectivity index (χ1v) is 5.80.